The summed E-state index contributed by atoms with van der Waals surface area (Å²) in [6.07, 6.45) is 2.75. The lowest BCUT2D eigenvalue weighted by molar-refractivity contribution is -0.172. The minimum Gasteiger partial charge on any atom is -0.368 e. The number of fused-ring (bicyclic) bond motifs is 1. The molecule has 2 aliphatic heterocycles. The van der Waals surface area contributed by atoms with Crippen LogP contribution in [0.5, 0.6) is 0 Å². The molecular formula is C28H28FN5O3. The highest BCUT2D eigenvalue weighted by atomic mass is 19.1. The second-order valence-corrected chi connectivity index (χ2v) is 9.70. The lowest BCUT2D eigenvalue weighted by Crippen LogP contribution is -2.59. The van der Waals surface area contributed by atoms with Crippen LogP contribution < -0.4 is 5.73 Å². The number of ether oxygens (including phenoxy) is 1. The third-order valence-electron chi connectivity index (χ3n) is 7.50. The van der Waals surface area contributed by atoms with E-state index in [1.165, 1.54) is 12.3 Å². The minimum atomic E-state index is -0.901. The Morgan fingerprint density at radius 1 is 1.22 bits per heavy atom. The largest absolute Gasteiger partial charge is 0.368 e. The number of nitriles is 1. The first-order chi connectivity index (χ1) is 17.8. The number of amides is 2. The number of carbonyl (C=O) groups excluding carboxylic acids is 2. The van der Waals surface area contributed by atoms with E-state index < -0.39 is 23.4 Å². The van der Waals surface area contributed by atoms with Gasteiger partial charge in [-0.05, 0) is 49.1 Å². The highest BCUT2D eigenvalue weighted by Gasteiger charge is 2.44. The van der Waals surface area contributed by atoms with Crippen molar-refractivity contribution in [1.82, 2.24) is 14.8 Å². The lowest BCUT2D eigenvalue weighted by Gasteiger charge is -2.48. The number of halogens is 1. The molecule has 37 heavy (non-hydrogen) atoms. The molecule has 2 saturated heterocycles. The number of rotatable bonds is 5. The number of hydrogen-bond acceptors (Lipinski definition) is 6. The van der Waals surface area contributed by atoms with E-state index in [4.69, 9.17) is 15.7 Å². The summed E-state index contributed by atoms with van der Waals surface area (Å²) in [6, 6.07) is 13.3. The monoisotopic (exact) mass is 501 g/mol. The highest BCUT2D eigenvalue weighted by Crippen LogP contribution is 2.35. The summed E-state index contributed by atoms with van der Waals surface area (Å²) in [5.74, 6) is -1.13. The van der Waals surface area contributed by atoms with Crippen LogP contribution in [0.2, 0.25) is 0 Å². The van der Waals surface area contributed by atoms with E-state index >= 15 is 4.39 Å². The Morgan fingerprint density at radius 2 is 1.95 bits per heavy atom. The number of primary amides is 1. The van der Waals surface area contributed by atoms with Gasteiger partial charge in [0.15, 0.2) is 0 Å². The van der Waals surface area contributed by atoms with E-state index in [9.17, 15) is 9.59 Å². The summed E-state index contributed by atoms with van der Waals surface area (Å²) in [5, 5.41) is 9.90. The summed E-state index contributed by atoms with van der Waals surface area (Å²) in [5.41, 5.74) is 8.16. The second kappa shape index (κ2) is 9.88. The fraction of sp³-hybridized carbons (Fsp3) is 0.357. The van der Waals surface area contributed by atoms with Crippen LogP contribution in [0, 0.1) is 17.1 Å². The Labute approximate surface area is 214 Å². The molecule has 0 bridgehead atoms. The average Bonchev–Trinajstić information content (AvgIpc) is 2.91. The number of likely N-dealkylation sites (N-methyl/N-ethyl adjacent to an activating group) is 1. The maximum absolute atomic E-state index is 15.4. The fourth-order valence-corrected chi connectivity index (χ4v) is 5.39. The van der Waals surface area contributed by atoms with Crippen LogP contribution in [-0.2, 0) is 14.3 Å². The van der Waals surface area contributed by atoms with Crippen LogP contribution in [-0.4, -0.2) is 65.0 Å². The minimum absolute atomic E-state index is 0.0122. The number of likely N-dealkylation sites (tertiary alicyclic amines) is 1. The molecule has 2 amide bonds. The van der Waals surface area contributed by atoms with Crippen LogP contribution in [0.25, 0.3) is 22.0 Å². The van der Waals surface area contributed by atoms with Gasteiger partial charge in [-0.2, -0.15) is 5.26 Å². The van der Waals surface area contributed by atoms with Gasteiger partial charge in [-0.15, -0.1) is 0 Å². The van der Waals surface area contributed by atoms with Gasteiger partial charge in [0, 0.05) is 43.3 Å². The summed E-state index contributed by atoms with van der Waals surface area (Å²) in [4.78, 5) is 32.6. The van der Waals surface area contributed by atoms with Crippen molar-refractivity contribution < 1.29 is 18.7 Å². The van der Waals surface area contributed by atoms with Crippen molar-refractivity contribution in [2.24, 2.45) is 5.73 Å². The van der Waals surface area contributed by atoms with Crippen molar-refractivity contribution in [3.8, 4) is 17.2 Å². The van der Waals surface area contributed by atoms with Gasteiger partial charge in [0.2, 0.25) is 11.8 Å². The van der Waals surface area contributed by atoms with E-state index in [0.29, 0.717) is 55.7 Å². The van der Waals surface area contributed by atoms with Crippen LogP contribution in [0.15, 0.2) is 48.7 Å². The molecule has 0 aliphatic carbocycles. The molecule has 1 aromatic heterocycles. The van der Waals surface area contributed by atoms with E-state index in [1.807, 2.05) is 30.0 Å². The first-order valence-corrected chi connectivity index (χ1v) is 12.4. The van der Waals surface area contributed by atoms with E-state index in [0.717, 1.165) is 10.9 Å². The van der Waals surface area contributed by atoms with Crippen LogP contribution in [0.3, 0.4) is 0 Å². The van der Waals surface area contributed by atoms with Gasteiger partial charge in [-0.3, -0.25) is 19.5 Å². The molecule has 9 heteroatoms. The third kappa shape index (κ3) is 4.78. The number of hydrogen-bond donors (Lipinski definition) is 1. The highest BCUT2D eigenvalue weighted by molar-refractivity contribution is 5.85. The van der Waals surface area contributed by atoms with Gasteiger partial charge in [-0.1, -0.05) is 24.3 Å². The van der Waals surface area contributed by atoms with Gasteiger partial charge in [0.1, 0.15) is 24.5 Å². The van der Waals surface area contributed by atoms with Crippen molar-refractivity contribution >= 4 is 22.7 Å². The normalized spacial score (nSPS) is 18.6. The molecule has 1 unspecified atom stereocenters. The molecule has 1 spiro atoms. The molecular weight excluding hydrogens is 473 g/mol. The Bertz CT molecular complexity index is 1410. The van der Waals surface area contributed by atoms with Crippen LogP contribution in [0.4, 0.5) is 4.39 Å². The van der Waals surface area contributed by atoms with Crippen LogP contribution >= 0.6 is 0 Å². The molecule has 2 aromatic carbocycles. The summed E-state index contributed by atoms with van der Waals surface area (Å²) in [6.45, 7) is 4.17. The molecule has 0 radical (unpaired) electrons. The fourth-order valence-electron chi connectivity index (χ4n) is 5.39. The number of morpholine rings is 1. The Kier molecular flexibility index (Phi) is 6.63. The zero-order valence-electron chi connectivity index (χ0n) is 20.6. The van der Waals surface area contributed by atoms with Crippen molar-refractivity contribution in [2.45, 2.75) is 31.4 Å². The quantitative estimate of drug-likeness (QED) is 0.575. The number of benzene rings is 2. The first-order valence-electron chi connectivity index (χ1n) is 12.4. The van der Waals surface area contributed by atoms with E-state index in [-0.39, 0.29) is 18.1 Å². The van der Waals surface area contributed by atoms with Gasteiger partial charge in [0.25, 0.3) is 0 Å². The average molecular weight is 502 g/mol. The Morgan fingerprint density at radius 3 is 2.62 bits per heavy atom. The molecule has 190 valence electrons. The third-order valence-corrected chi connectivity index (χ3v) is 7.50. The number of carbonyl (C=O) groups is 2. The molecule has 2 N–H and O–H groups in total. The van der Waals surface area contributed by atoms with Crippen molar-refractivity contribution in [2.75, 3.05) is 32.8 Å². The van der Waals surface area contributed by atoms with Gasteiger partial charge < -0.3 is 15.4 Å². The smallest absolute Gasteiger partial charge is 0.248 e. The maximum Gasteiger partial charge on any atom is 0.248 e. The molecule has 5 rings (SSSR count). The Balaban J connectivity index is 1.36. The second-order valence-electron chi connectivity index (χ2n) is 9.70. The van der Waals surface area contributed by atoms with Crippen molar-refractivity contribution in [1.29, 1.82) is 5.26 Å². The zero-order valence-corrected chi connectivity index (χ0v) is 20.6. The van der Waals surface area contributed by atoms with Gasteiger partial charge in [0.05, 0.1) is 16.7 Å². The molecule has 0 saturated carbocycles. The summed E-state index contributed by atoms with van der Waals surface area (Å²) >= 11 is 0. The van der Waals surface area contributed by atoms with Gasteiger partial charge >= 0.3 is 0 Å². The number of aromatic nitrogens is 1. The number of piperidine rings is 1. The van der Waals surface area contributed by atoms with Crippen LogP contribution in [0.1, 0.15) is 36.9 Å². The SMILES string of the molecule is CCN1CC2(CCN(C(C(N)=O)c3ccc(-c4ccc5cc(C#N)cnc5c4)cc3F)CC2)OCC1=O. The zero-order chi connectivity index (χ0) is 26.2. The lowest BCUT2D eigenvalue weighted by atomic mass is 9.87. The summed E-state index contributed by atoms with van der Waals surface area (Å²) < 4.78 is 21.4. The van der Waals surface area contributed by atoms with E-state index in [1.54, 1.807) is 23.1 Å². The topological polar surface area (TPSA) is 113 Å². The molecule has 2 fully saturated rings. The van der Waals surface area contributed by atoms with Gasteiger partial charge in [-0.25, -0.2) is 4.39 Å². The maximum atomic E-state index is 15.4. The number of pyridine rings is 1. The molecule has 8 nitrogen and oxygen atoms in total. The van der Waals surface area contributed by atoms with Crippen molar-refractivity contribution in [3.63, 3.8) is 0 Å². The first kappa shape index (κ1) is 24.8. The molecule has 3 aromatic rings. The van der Waals surface area contributed by atoms with E-state index in [2.05, 4.69) is 11.1 Å². The predicted molar refractivity (Wildman–Crippen MR) is 136 cm³/mol. The number of nitrogens with two attached hydrogens (primary N) is 1. The molecule has 1 atom stereocenters. The standard InChI is InChI=1S/C28H28FN5O3/c1-2-33-17-28(37-16-25(33)35)7-9-34(10-8-28)26(27(31)36)22-6-5-19(12-23(22)29)20-3-4-21-11-18(14-30)15-32-24(21)13-20/h3-6,11-13,15,26H,2,7-10,16-17H2,1H3,(H2,31,36). The van der Waals surface area contributed by atoms with Crippen molar-refractivity contribution in [3.05, 3.63) is 65.6 Å². The predicted octanol–water partition coefficient (Wildman–Crippen LogP) is 3.15. The Hall–Kier alpha value is -3.87. The molecule has 3 heterocycles. The molecule has 2 aliphatic rings. The summed E-state index contributed by atoms with van der Waals surface area (Å²) in [7, 11) is 0. The number of nitrogens with zero attached hydrogens (tertiary/aromatic N) is 4.